The topological polar surface area (TPSA) is 21.1 Å². The van der Waals surface area contributed by atoms with Gasteiger partial charge in [-0.3, -0.25) is 4.68 Å². The van der Waals surface area contributed by atoms with Crippen LogP contribution in [0, 0.1) is 20.8 Å². The van der Waals surface area contributed by atoms with E-state index in [1.54, 1.807) is 0 Å². The van der Waals surface area contributed by atoms with E-state index in [1.165, 1.54) is 27.9 Å². The molecule has 2 aromatic carbocycles. The van der Waals surface area contributed by atoms with Crippen molar-refractivity contribution in [2.45, 2.75) is 64.8 Å². The Labute approximate surface area is 193 Å². The second-order valence-electron chi connectivity index (χ2n) is 8.43. The minimum atomic E-state index is 0.799. The number of benzene rings is 2. The zero-order valence-corrected chi connectivity index (χ0v) is 20.3. The summed E-state index contributed by atoms with van der Waals surface area (Å²) < 4.78 is 2.12. The van der Waals surface area contributed by atoms with E-state index >= 15 is 0 Å². The van der Waals surface area contributed by atoms with Gasteiger partial charge < -0.3 is 4.90 Å². The minimum Gasteiger partial charge on any atom is -0.329 e. The van der Waals surface area contributed by atoms with Crippen molar-refractivity contribution in [1.29, 1.82) is 0 Å². The van der Waals surface area contributed by atoms with Crippen LogP contribution >= 0.6 is 12.6 Å². The molecule has 0 N–H and O–H groups in total. The van der Waals surface area contributed by atoms with Crippen LogP contribution in [0.25, 0.3) is 0 Å². The van der Waals surface area contributed by atoms with Crippen molar-refractivity contribution < 1.29 is 0 Å². The summed E-state index contributed by atoms with van der Waals surface area (Å²) in [5.41, 5.74) is 7.59. The lowest BCUT2D eigenvalue weighted by Gasteiger charge is -2.24. The largest absolute Gasteiger partial charge is 0.329 e. The Bertz CT molecular complexity index is 1020. The van der Waals surface area contributed by atoms with Crippen LogP contribution in [0.3, 0.4) is 0 Å². The highest BCUT2D eigenvalue weighted by molar-refractivity contribution is 7.80. The Balaban J connectivity index is 1.67. The second kappa shape index (κ2) is 10.7. The molecule has 3 nitrogen and oxygen atoms in total. The number of anilines is 1. The Morgan fingerprint density at radius 1 is 1.03 bits per heavy atom. The number of aromatic nitrogens is 2. The van der Waals surface area contributed by atoms with Crippen molar-refractivity contribution in [2.24, 2.45) is 0 Å². The normalized spacial score (nSPS) is 11.0. The van der Waals surface area contributed by atoms with Gasteiger partial charge in [0.1, 0.15) is 0 Å². The number of aryl methyl sites for hydroxylation is 4. The van der Waals surface area contributed by atoms with Crippen LogP contribution in [0.15, 0.2) is 65.7 Å². The fourth-order valence-electron chi connectivity index (χ4n) is 3.80. The van der Waals surface area contributed by atoms with E-state index in [9.17, 15) is 0 Å². The molecule has 0 saturated heterocycles. The lowest BCUT2D eigenvalue weighted by atomic mass is 10.1. The highest BCUT2D eigenvalue weighted by Crippen LogP contribution is 2.23. The lowest BCUT2D eigenvalue weighted by Crippen LogP contribution is -2.23. The van der Waals surface area contributed by atoms with E-state index in [0.29, 0.717) is 0 Å². The highest BCUT2D eigenvalue weighted by atomic mass is 32.1. The molecule has 0 spiro atoms. The Morgan fingerprint density at radius 3 is 2.48 bits per heavy atom. The van der Waals surface area contributed by atoms with E-state index in [4.69, 9.17) is 5.10 Å². The first kappa shape index (κ1) is 23.2. The van der Waals surface area contributed by atoms with Crippen LogP contribution in [0.1, 0.15) is 54.1 Å². The van der Waals surface area contributed by atoms with Crippen molar-refractivity contribution in [3.8, 4) is 0 Å². The number of hydrogen-bond donors (Lipinski definition) is 1. The molecule has 3 rings (SSSR count). The molecule has 4 heteroatoms. The van der Waals surface area contributed by atoms with Crippen molar-refractivity contribution in [3.63, 3.8) is 0 Å². The highest BCUT2D eigenvalue weighted by Gasteiger charge is 2.15. The summed E-state index contributed by atoms with van der Waals surface area (Å²) in [4.78, 5) is 3.31. The second-order valence-corrected chi connectivity index (χ2v) is 8.94. The number of allylic oxidation sites excluding steroid dienone is 1. The van der Waals surface area contributed by atoms with Crippen LogP contribution in [-0.4, -0.2) is 16.3 Å². The van der Waals surface area contributed by atoms with Gasteiger partial charge in [0, 0.05) is 28.9 Å². The molecule has 0 fully saturated rings. The molecule has 0 aliphatic heterocycles. The molecule has 3 aromatic rings. The third-order valence-corrected chi connectivity index (χ3v) is 6.19. The van der Waals surface area contributed by atoms with Crippen LogP contribution < -0.4 is 4.90 Å². The van der Waals surface area contributed by atoms with Gasteiger partial charge in [-0.25, -0.2) is 0 Å². The minimum absolute atomic E-state index is 0.799. The van der Waals surface area contributed by atoms with Crippen LogP contribution in [0.5, 0.6) is 0 Å². The summed E-state index contributed by atoms with van der Waals surface area (Å²) in [6.45, 7) is 14.7. The fourth-order valence-corrected chi connectivity index (χ4v) is 3.95. The average Bonchev–Trinajstić information content (AvgIpc) is 3.11. The number of nitrogens with zero attached hydrogens (tertiary/aromatic N) is 3. The Hall–Kier alpha value is -2.46. The predicted molar refractivity (Wildman–Crippen MR) is 135 cm³/mol. The number of unbranched alkanes of at least 4 members (excludes halogenated alkanes) is 1. The maximum absolute atomic E-state index is 4.97. The monoisotopic (exact) mass is 433 g/mol. The van der Waals surface area contributed by atoms with Crippen molar-refractivity contribution in [3.05, 3.63) is 88.8 Å². The Morgan fingerprint density at radius 2 is 1.77 bits per heavy atom. The molecule has 0 unspecified atom stereocenters. The van der Waals surface area contributed by atoms with Gasteiger partial charge in [0.25, 0.3) is 0 Å². The van der Waals surface area contributed by atoms with Crippen molar-refractivity contribution >= 4 is 18.4 Å². The summed E-state index contributed by atoms with van der Waals surface area (Å²) in [5.74, 6) is 1.01. The van der Waals surface area contributed by atoms with Gasteiger partial charge in [0.05, 0.1) is 6.54 Å². The van der Waals surface area contributed by atoms with Gasteiger partial charge in [-0.2, -0.15) is 5.10 Å². The molecule has 0 aliphatic carbocycles. The summed E-state index contributed by atoms with van der Waals surface area (Å²) in [6, 6.07) is 17.3. The molecule has 0 aliphatic rings. The predicted octanol–water partition coefficient (Wildman–Crippen LogP) is 6.90. The van der Waals surface area contributed by atoms with Crippen LogP contribution in [0.2, 0.25) is 0 Å². The molecule has 1 aromatic heterocycles. The molecule has 164 valence electrons. The maximum atomic E-state index is 4.97. The molecule has 31 heavy (non-hydrogen) atoms. The summed E-state index contributed by atoms with van der Waals surface area (Å²) >= 11 is 4.37. The molecule has 0 saturated carbocycles. The third kappa shape index (κ3) is 6.27. The average molecular weight is 434 g/mol. The van der Waals surface area contributed by atoms with E-state index in [0.717, 1.165) is 55.2 Å². The molecular weight excluding hydrogens is 398 g/mol. The molecule has 1 heterocycles. The zero-order valence-electron chi connectivity index (χ0n) is 19.4. The quantitative estimate of drug-likeness (QED) is 0.277. The molecule has 0 radical (unpaired) electrons. The van der Waals surface area contributed by atoms with Gasteiger partial charge in [0.15, 0.2) is 5.82 Å². The summed E-state index contributed by atoms with van der Waals surface area (Å²) in [7, 11) is 0. The van der Waals surface area contributed by atoms with Gasteiger partial charge >= 0.3 is 0 Å². The molecule has 0 atom stereocenters. The summed E-state index contributed by atoms with van der Waals surface area (Å²) in [6.07, 6.45) is 4.25. The number of hydrogen-bond acceptors (Lipinski definition) is 3. The molecule has 0 bridgehead atoms. The zero-order chi connectivity index (χ0) is 22.4. The standard InChI is InChI=1S/C27H35N3S/c1-6-22(4)29(16-8-7-9-24-12-14-26(31)15-13-24)27-18-23(5)30(28-27)19-25-17-20(2)10-11-21(25)3/h10-15,17-18,31H,4,6-9,16,19H2,1-3,5H3. The first-order chi connectivity index (χ1) is 14.9. The van der Waals surface area contributed by atoms with E-state index < -0.39 is 0 Å². The maximum Gasteiger partial charge on any atom is 0.155 e. The van der Waals surface area contributed by atoms with Gasteiger partial charge in [-0.15, -0.1) is 12.6 Å². The van der Waals surface area contributed by atoms with Crippen LogP contribution in [-0.2, 0) is 13.0 Å². The van der Waals surface area contributed by atoms with E-state index in [-0.39, 0.29) is 0 Å². The third-order valence-electron chi connectivity index (χ3n) is 5.89. The first-order valence-electron chi connectivity index (χ1n) is 11.2. The smallest absolute Gasteiger partial charge is 0.155 e. The van der Waals surface area contributed by atoms with Crippen molar-refractivity contribution in [1.82, 2.24) is 9.78 Å². The first-order valence-corrected chi connectivity index (χ1v) is 11.7. The number of rotatable bonds is 10. The van der Waals surface area contributed by atoms with Gasteiger partial charge in [-0.05, 0) is 75.3 Å². The van der Waals surface area contributed by atoms with E-state index in [1.807, 2.05) is 0 Å². The van der Waals surface area contributed by atoms with Gasteiger partial charge in [0.2, 0.25) is 0 Å². The molecular formula is C27H35N3S. The summed E-state index contributed by atoms with van der Waals surface area (Å²) in [5, 5.41) is 4.97. The molecule has 0 amide bonds. The van der Waals surface area contributed by atoms with Crippen LogP contribution in [0.4, 0.5) is 5.82 Å². The van der Waals surface area contributed by atoms with Gasteiger partial charge in [-0.1, -0.05) is 49.4 Å². The van der Waals surface area contributed by atoms with E-state index in [2.05, 4.69) is 105 Å². The van der Waals surface area contributed by atoms with Crippen molar-refractivity contribution in [2.75, 3.05) is 11.4 Å². The SMILES string of the molecule is C=C(CC)N(CCCCc1ccc(S)cc1)c1cc(C)n(Cc2cc(C)ccc2C)n1. The fraction of sp³-hybridized carbons (Fsp3) is 0.370. The Kier molecular flexibility index (Phi) is 8.03. The number of thiol groups is 1. The lowest BCUT2D eigenvalue weighted by molar-refractivity contribution is 0.650.